The average Bonchev–Trinajstić information content (AvgIpc) is 3.66. The van der Waals surface area contributed by atoms with Crippen LogP contribution in [-0.4, -0.2) is 47.3 Å². The van der Waals surface area contributed by atoms with Crippen molar-refractivity contribution < 1.29 is 12.8 Å². The number of hydrogen-bond acceptors (Lipinski definition) is 9. The molecule has 1 saturated carbocycles. The molecule has 1 aromatic carbocycles. The second-order valence-electron chi connectivity index (χ2n) is 10.3. The number of anilines is 3. The standard InChI is InChI=1S/C28H32N6O4S/c35-25-10-5-19-17-30-28(32-22-8-6-21(7-9-22)31-23-11-14-29-15-12-23)33-26(19)34(25)18-20-13-16-38-27(20)39(36,37)24-3-1-2-4-24/h5-10,13,16-17,23-24,29,31H,1-4,11-12,14-15,18H2,(H,30,32,33). The van der Waals surface area contributed by atoms with Crippen LogP contribution in [0, 0.1) is 0 Å². The summed E-state index contributed by atoms with van der Waals surface area (Å²) >= 11 is 0. The zero-order valence-corrected chi connectivity index (χ0v) is 22.4. The molecule has 4 aromatic rings. The van der Waals surface area contributed by atoms with Gasteiger partial charge in [-0.1, -0.05) is 12.8 Å². The first-order chi connectivity index (χ1) is 19.0. The van der Waals surface area contributed by atoms with Gasteiger partial charge in [0.25, 0.3) is 5.56 Å². The van der Waals surface area contributed by atoms with Gasteiger partial charge >= 0.3 is 0 Å². The van der Waals surface area contributed by atoms with E-state index in [0.717, 1.165) is 50.1 Å². The van der Waals surface area contributed by atoms with Crippen LogP contribution in [0.3, 0.4) is 0 Å². The molecule has 10 nitrogen and oxygen atoms in total. The van der Waals surface area contributed by atoms with E-state index in [1.54, 1.807) is 18.3 Å². The van der Waals surface area contributed by atoms with Crippen LogP contribution in [0.1, 0.15) is 44.1 Å². The molecule has 2 aliphatic rings. The second kappa shape index (κ2) is 10.8. The smallest absolute Gasteiger partial charge is 0.252 e. The van der Waals surface area contributed by atoms with Gasteiger partial charge in [0.05, 0.1) is 18.1 Å². The summed E-state index contributed by atoms with van der Waals surface area (Å²) in [6.07, 6.45) is 8.28. The van der Waals surface area contributed by atoms with E-state index >= 15 is 0 Å². The lowest BCUT2D eigenvalue weighted by Gasteiger charge is -2.24. The Bertz CT molecular complexity index is 1620. The molecule has 11 heteroatoms. The van der Waals surface area contributed by atoms with E-state index in [-0.39, 0.29) is 17.2 Å². The van der Waals surface area contributed by atoms with Crippen molar-refractivity contribution in [1.82, 2.24) is 19.9 Å². The molecule has 4 heterocycles. The van der Waals surface area contributed by atoms with E-state index in [1.807, 2.05) is 24.3 Å². The number of sulfone groups is 1. The highest BCUT2D eigenvalue weighted by molar-refractivity contribution is 7.92. The molecule has 6 rings (SSSR count). The van der Waals surface area contributed by atoms with Gasteiger partial charge in [0.15, 0.2) is 0 Å². The molecule has 0 atom stereocenters. The van der Waals surface area contributed by atoms with Crippen molar-refractivity contribution in [3.05, 3.63) is 70.8 Å². The van der Waals surface area contributed by atoms with Crippen molar-refractivity contribution in [1.29, 1.82) is 0 Å². The van der Waals surface area contributed by atoms with E-state index in [1.165, 1.54) is 16.9 Å². The largest absolute Gasteiger partial charge is 0.453 e. The Hall–Kier alpha value is -3.70. The summed E-state index contributed by atoms with van der Waals surface area (Å²) in [5.74, 6) is 0.340. The molecule has 0 radical (unpaired) electrons. The summed E-state index contributed by atoms with van der Waals surface area (Å²) in [4.78, 5) is 22.0. The summed E-state index contributed by atoms with van der Waals surface area (Å²) in [6.45, 7) is 2.08. The molecule has 204 valence electrons. The van der Waals surface area contributed by atoms with Crippen LogP contribution in [0.15, 0.2) is 69.2 Å². The predicted octanol–water partition coefficient (Wildman–Crippen LogP) is 4.06. The number of benzene rings is 1. The lowest BCUT2D eigenvalue weighted by molar-refractivity contribution is 0.438. The van der Waals surface area contributed by atoms with Crippen molar-refractivity contribution >= 4 is 38.2 Å². The van der Waals surface area contributed by atoms with Crippen LogP contribution in [0.4, 0.5) is 17.3 Å². The maximum atomic E-state index is 13.2. The van der Waals surface area contributed by atoms with Crippen LogP contribution in [0.2, 0.25) is 0 Å². The number of piperidine rings is 1. The third-order valence-electron chi connectivity index (χ3n) is 7.61. The van der Waals surface area contributed by atoms with Crippen LogP contribution < -0.4 is 21.5 Å². The zero-order valence-electron chi connectivity index (χ0n) is 21.6. The first-order valence-electron chi connectivity index (χ1n) is 13.5. The van der Waals surface area contributed by atoms with Crippen molar-refractivity contribution in [2.24, 2.45) is 0 Å². The third kappa shape index (κ3) is 5.41. The van der Waals surface area contributed by atoms with Crippen molar-refractivity contribution in [2.45, 2.75) is 61.5 Å². The van der Waals surface area contributed by atoms with Gasteiger partial charge in [-0.3, -0.25) is 9.36 Å². The normalized spacial score (nSPS) is 17.0. The highest BCUT2D eigenvalue weighted by Gasteiger charge is 2.34. The molecule has 0 unspecified atom stereocenters. The fraction of sp³-hybridized carbons (Fsp3) is 0.393. The van der Waals surface area contributed by atoms with Gasteiger partial charge in [-0.25, -0.2) is 13.4 Å². The van der Waals surface area contributed by atoms with Gasteiger partial charge in [-0.2, -0.15) is 4.98 Å². The molecule has 1 saturated heterocycles. The number of nitrogens with one attached hydrogen (secondary N) is 3. The highest BCUT2D eigenvalue weighted by atomic mass is 32.2. The molecule has 1 aliphatic carbocycles. The summed E-state index contributed by atoms with van der Waals surface area (Å²) in [6, 6.07) is 13.2. The van der Waals surface area contributed by atoms with Crippen molar-refractivity contribution in [3.63, 3.8) is 0 Å². The molecule has 3 N–H and O–H groups in total. The Balaban J connectivity index is 1.25. The minimum Gasteiger partial charge on any atom is -0.453 e. The Morgan fingerprint density at radius 2 is 1.72 bits per heavy atom. The molecule has 0 bridgehead atoms. The highest BCUT2D eigenvalue weighted by Crippen LogP contribution is 2.32. The van der Waals surface area contributed by atoms with Gasteiger partial charge in [0.1, 0.15) is 5.65 Å². The fourth-order valence-corrected chi connectivity index (χ4v) is 7.42. The van der Waals surface area contributed by atoms with Gasteiger partial charge in [0.2, 0.25) is 20.9 Å². The fourth-order valence-electron chi connectivity index (χ4n) is 5.47. The summed E-state index contributed by atoms with van der Waals surface area (Å²) in [5, 5.41) is 10.3. The topological polar surface area (TPSA) is 131 Å². The summed E-state index contributed by atoms with van der Waals surface area (Å²) in [5.41, 5.74) is 2.45. The minimum absolute atomic E-state index is 0.0292. The van der Waals surface area contributed by atoms with Gasteiger partial charge < -0.3 is 20.4 Å². The van der Waals surface area contributed by atoms with Crippen molar-refractivity contribution in [3.8, 4) is 0 Å². The summed E-state index contributed by atoms with van der Waals surface area (Å²) in [7, 11) is -3.61. The number of hydrogen-bond donors (Lipinski definition) is 3. The van der Waals surface area contributed by atoms with E-state index in [4.69, 9.17) is 4.42 Å². The van der Waals surface area contributed by atoms with Gasteiger partial charge in [-0.05, 0) is 75.2 Å². The molecule has 0 spiro atoms. The zero-order chi connectivity index (χ0) is 26.8. The predicted molar refractivity (Wildman–Crippen MR) is 150 cm³/mol. The average molecular weight is 549 g/mol. The maximum absolute atomic E-state index is 13.2. The number of furan rings is 1. The first kappa shape index (κ1) is 25.6. The van der Waals surface area contributed by atoms with Gasteiger partial charge in [0, 0.05) is 40.6 Å². The Morgan fingerprint density at radius 3 is 2.49 bits per heavy atom. The van der Waals surface area contributed by atoms with Crippen LogP contribution in [0.5, 0.6) is 0 Å². The number of rotatable bonds is 8. The third-order valence-corrected chi connectivity index (χ3v) is 9.83. The lowest BCUT2D eigenvalue weighted by Crippen LogP contribution is -2.35. The Kier molecular flexibility index (Phi) is 7.09. The van der Waals surface area contributed by atoms with E-state index in [9.17, 15) is 13.2 Å². The molecular formula is C28H32N6O4S. The molecular weight excluding hydrogens is 516 g/mol. The van der Waals surface area contributed by atoms with Crippen molar-refractivity contribution in [2.75, 3.05) is 23.7 Å². The lowest BCUT2D eigenvalue weighted by atomic mass is 10.1. The number of aromatic nitrogens is 3. The minimum atomic E-state index is -3.61. The van der Waals surface area contributed by atoms with E-state index < -0.39 is 15.1 Å². The number of nitrogens with zero attached hydrogens (tertiary/aromatic N) is 3. The van der Waals surface area contributed by atoms with Crippen LogP contribution >= 0.6 is 0 Å². The molecule has 39 heavy (non-hydrogen) atoms. The van der Waals surface area contributed by atoms with E-state index in [0.29, 0.717) is 41.4 Å². The van der Waals surface area contributed by atoms with Crippen LogP contribution in [0.25, 0.3) is 11.0 Å². The first-order valence-corrected chi connectivity index (χ1v) is 15.0. The molecule has 0 amide bonds. The van der Waals surface area contributed by atoms with Gasteiger partial charge in [-0.15, -0.1) is 0 Å². The SMILES string of the molecule is O=c1ccc2cnc(Nc3ccc(NC4CCNCC4)cc3)nc2n1Cc1ccoc1S(=O)(=O)C1CCCC1. The molecule has 1 aliphatic heterocycles. The van der Waals surface area contributed by atoms with E-state index in [2.05, 4.69) is 25.9 Å². The summed E-state index contributed by atoms with van der Waals surface area (Å²) < 4.78 is 33.4. The molecule has 2 fully saturated rings. The number of pyridine rings is 1. The van der Waals surface area contributed by atoms with Crippen LogP contribution in [-0.2, 0) is 16.4 Å². The Labute approximate surface area is 226 Å². The molecule has 3 aromatic heterocycles. The quantitative estimate of drug-likeness (QED) is 0.298. The maximum Gasteiger partial charge on any atom is 0.252 e. The Morgan fingerprint density at radius 1 is 0.974 bits per heavy atom. The monoisotopic (exact) mass is 548 g/mol. The number of fused-ring (bicyclic) bond motifs is 1. The second-order valence-corrected chi connectivity index (χ2v) is 12.4.